The normalized spacial score (nSPS) is 15.1. The monoisotopic (exact) mass is 501 g/mol. The Bertz CT molecular complexity index is 762. The number of nitrogens with one attached hydrogen (secondary N) is 1. The molecule has 7 heteroatoms. The summed E-state index contributed by atoms with van der Waals surface area (Å²) in [5.74, 6) is -0.194. The smallest absolute Gasteiger partial charge is 0.255 e. The van der Waals surface area contributed by atoms with E-state index in [0.717, 1.165) is 42.8 Å². The van der Waals surface area contributed by atoms with Gasteiger partial charge in [-0.2, -0.15) is 0 Å². The molecule has 2 heterocycles. The van der Waals surface area contributed by atoms with E-state index >= 15 is 0 Å². The Hall–Kier alpha value is -1.22. The average molecular weight is 502 g/mol. The van der Waals surface area contributed by atoms with Crippen LogP contribution in [0.3, 0.4) is 0 Å². The molecule has 3 rings (SSSR count). The van der Waals surface area contributed by atoms with Crippen LogP contribution >= 0.6 is 11.6 Å². The molecular weight excluding hydrogens is 477 g/mol. The first-order valence-electron chi connectivity index (χ1n) is 8.86. The topological polar surface area (TPSA) is 51.2 Å². The first kappa shape index (κ1) is 22.1. The van der Waals surface area contributed by atoms with Crippen LogP contribution in [0.15, 0.2) is 42.6 Å². The summed E-state index contributed by atoms with van der Waals surface area (Å²) in [6, 6.07) is 11.9. The maximum absolute atomic E-state index is 12.3. The van der Waals surface area contributed by atoms with Crippen molar-refractivity contribution in [2.24, 2.45) is 0 Å². The molecule has 1 aromatic carbocycles. The zero-order valence-corrected chi connectivity index (χ0v) is 18.5. The molecule has 0 spiro atoms. The molecule has 1 amide bonds. The van der Waals surface area contributed by atoms with Crippen LogP contribution in [0.5, 0.6) is 0 Å². The van der Waals surface area contributed by atoms with E-state index in [1.165, 1.54) is 11.8 Å². The number of carbonyl (C=O) groups is 1. The van der Waals surface area contributed by atoms with Gasteiger partial charge in [-0.3, -0.25) is 4.79 Å². The average Bonchev–Trinajstić information content (AvgIpc) is 2.64. The number of aromatic nitrogens is 1. The van der Waals surface area contributed by atoms with Gasteiger partial charge in [0.2, 0.25) is 0 Å². The highest BCUT2D eigenvalue weighted by atomic mass is 127. The molecule has 1 saturated heterocycles. The molecule has 1 fully saturated rings. The van der Waals surface area contributed by atoms with Crippen molar-refractivity contribution in [3.8, 4) is 0 Å². The highest BCUT2D eigenvalue weighted by Crippen LogP contribution is 2.23. The van der Waals surface area contributed by atoms with Gasteiger partial charge in [0.15, 0.2) is 0 Å². The molecule has 0 saturated carbocycles. The van der Waals surface area contributed by atoms with Crippen LogP contribution < -0.4 is 29.3 Å². The van der Waals surface area contributed by atoms with E-state index in [-0.39, 0.29) is 29.9 Å². The Morgan fingerprint density at radius 2 is 1.89 bits per heavy atom. The number of amides is 1. The second kappa shape index (κ2) is 9.82. The largest absolute Gasteiger partial charge is 1.00 e. The molecule has 0 bridgehead atoms. The SMILES string of the molecule is C[N+](C)(Cc1ccc(NC(=O)c2ccnc(Cl)c2)cc1)C1CCOCC1.[I-]. The molecule has 0 atom stereocenters. The summed E-state index contributed by atoms with van der Waals surface area (Å²) in [5, 5.41) is 3.20. The van der Waals surface area contributed by atoms with Crippen molar-refractivity contribution in [2.75, 3.05) is 32.6 Å². The number of rotatable bonds is 5. The fourth-order valence-electron chi connectivity index (χ4n) is 3.42. The lowest BCUT2D eigenvalue weighted by Crippen LogP contribution is -3.00. The third-order valence-corrected chi connectivity index (χ3v) is 5.18. The molecule has 2 aromatic rings. The maximum atomic E-state index is 12.3. The van der Waals surface area contributed by atoms with Crippen molar-refractivity contribution < 1.29 is 38.0 Å². The Morgan fingerprint density at radius 1 is 1.22 bits per heavy atom. The highest BCUT2D eigenvalue weighted by molar-refractivity contribution is 6.29. The summed E-state index contributed by atoms with van der Waals surface area (Å²) in [6.07, 6.45) is 3.74. The van der Waals surface area contributed by atoms with Gasteiger partial charge in [0.05, 0.1) is 33.4 Å². The van der Waals surface area contributed by atoms with E-state index in [2.05, 4.69) is 36.5 Å². The van der Waals surface area contributed by atoms with Crippen LogP contribution in [0, 0.1) is 0 Å². The van der Waals surface area contributed by atoms with Gasteiger partial charge in [0, 0.05) is 35.9 Å². The zero-order chi connectivity index (χ0) is 18.6. The predicted octanol–water partition coefficient (Wildman–Crippen LogP) is 0.747. The standard InChI is InChI=1S/C20H24ClN3O2.HI/c1-24(2,18-8-11-26-12-9-18)14-15-3-5-17(6-4-15)23-20(25)16-7-10-22-19(21)13-16;/h3-7,10,13,18H,8-9,11-12,14H2,1-2H3;1H. The highest BCUT2D eigenvalue weighted by Gasteiger charge is 2.30. The minimum absolute atomic E-state index is 0. The number of halogens is 2. The van der Waals surface area contributed by atoms with E-state index in [4.69, 9.17) is 16.3 Å². The van der Waals surface area contributed by atoms with Crippen molar-refractivity contribution in [2.45, 2.75) is 25.4 Å². The minimum atomic E-state index is -0.194. The summed E-state index contributed by atoms with van der Waals surface area (Å²) < 4.78 is 6.43. The van der Waals surface area contributed by atoms with Gasteiger partial charge in [-0.25, -0.2) is 4.98 Å². The maximum Gasteiger partial charge on any atom is 0.255 e. The number of ether oxygens (including phenoxy) is 1. The summed E-state index contributed by atoms with van der Waals surface area (Å²) in [5.41, 5.74) is 2.51. The number of quaternary nitrogens is 1. The molecule has 0 aliphatic carbocycles. The molecule has 0 unspecified atom stereocenters. The zero-order valence-electron chi connectivity index (χ0n) is 15.6. The number of nitrogens with zero attached hydrogens (tertiary/aromatic N) is 2. The Labute approximate surface area is 182 Å². The third kappa shape index (κ3) is 6.14. The van der Waals surface area contributed by atoms with Crippen LogP contribution in [0.25, 0.3) is 0 Å². The first-order chi connectivity index (χ1) is 12.4. The molecule has 1 aliphatic heterocycles. The summed E-state index contributed by atoms with van der Waals surface area (Å²) >= 11 is 5.84. The molecule has 1 aliphatic rings. The van der Waals surface area contributed by atoms with Gasteiger partial charge in [0.1, 0.15) is 11.7 Å². The summed E-state index contributed by atoms with van der Waals surface area (Å²) in [7, 11) is 4.55. The molecule has 5 nitrogen and oxygen atoms in total. The molecule has 1 aromatic heterocycles. The van der Waals surface area contributed by atoms with Crippen molar-refractivity contribution in [1.29, 1.82) is 0 Å². The van der Waals surface area contributed by atoms with Gasteiger partial charge < -0.3 is 38.5 Å². The molecule has 27 heavy (non-hydrogen) atoms. The second-order valence-electron chi connectivity index (χ2n) is 7.30. The van der Waals surface area contributed by atoms with Gasteiger partial charge in [-0.15, -0.1) is 0 Å². The van der Waals surface area contributed by atoms with Crippen LogP contribution in [-0.2, 0) is 11.3 Å². The number of pyridine rings is 1. The van der Waals surface area contributed by atoms with Crippen molar-refractivity contribution in [3.63, 3.8) is 0 Å². The molecular formula is C20H25ClIN3O2. The fraction of sp³-hybridized carbons (Fsp3) is 0.400. The molecule has 0 radical (unpaired) electrons. The molecule has 1 N–H and O–H groups in total. The first-order valence-corrected chi connectivity index (χ1v) is 9.24. The van der Waals surface area contributed by atoms with Crippen LogP contribution in [0.1, 0.15) is 28.8 Å². The van der Waals surface area contributed by atoms with Gasteiger partial charge in [0.25, 0.3) is 5.91 Å². The van der Waals surface area contributed by atoms with E-state index in [1.54, 1.807) is 12.1 Å². The van der Waals surface area contributed by atoms with Crippen LogP contribution in [0.4, 0.5) is 5.69 Å². The van der Waals surface area contributed by atoms with Crippen molar-refractivity contribution >= 4 is 23.2 Å². The van der Waals surface area contributed by atoms with Crippen molar-refractivity contribution in [3.05, 3.63) is 58.9 Å². The van der Waals surface area contributed by atoms with Crippen molar-refractivity contribution in [1.82, 2.24) is 4.98 Å². The summed E-state index contributed by atoms with van der Waals surface area (Å²) in [4.78, 5) is 16.2. The predicted molar refractivity (Wildman–Crippen MR) is 103 cm³/mol. The number of carbonyl (C=O) groups excluding carboxylic acids is 1. The van der Waals surface area contributed by atoms with E-state index < -0.39 is 0 Å². The lowest BCUT2D eigenvalue weighted by molar-refractivity contribution is -0.929. The van der Waals surface area contributed by atoms with Gasteiger partial charge in [-0.05, 0) is 24.3 Å². The number of anilines is 1. The van der Waals surface area contributed by atoms with E-state index in [0.29, 0.717) is 16.8 Å². The van der Waals surface area contributed by atoms with E-state index in [1.807, 2.05) is 12.1 Å². The number of hydrogen-bond acceptors (Lipinski definition) is 3. The minimum Gasteiger partial charge on any atom is -1.00 e. The fourth-order valence-corrected chi connectivity index (χ4v) is 3.60. The summed E-state index contributed by atoms with van der Waals surface area (Å²) in [6.45, 7) is 2.67. The molecule has 146 valence electrons. The number of hydrogen-bond donors (Lipinski definition) is 1. The number of benzene rings is 1. The van der Waals surface area contributed by atoms with Gasteiger partial charge in [-0.1, -0.05) is 23.7 Å². The second-order valence-corrected chi connectivity index (χ2v) is 7.69. The van der Waals surface area contributed by atoms with E-state index in [9.17, 15) is 4.79 Å². The Morgan fingerprint density at radius 3 is 2.52 bits per heavy atom. The third-order valence-electron chi connectivity index (χ3n) is 4.97. The Kier molecular flexibility index (Phi) is 8.03. The lowest BCUT2D eigenvalue weighted by Gasteiger charge is -2.40. The Balaban J connectivity index is 0.00000261. The van der Waals surface area contributed by atoms with Gasteiger partial charge >= 0.3 is 0 Å². The lowest BCUT2D eigenvalue weighted by atomic mass is 10.0. The van der Waals surface area contributed by atoms with Crippen LogP contribution in [-0.4, -0.2) is 48.7 Å². The van der Waals surface area contributed by atoms with Crippen LogP contribution in [0.2, 0.25) is 5.15 Å². The quantitative estimate of drug-likeness (QED) is 0.374.